The van der Waals surface area contributed by atoms with Gasteiger partial charge in [-0.2, -0.15) is 9.64 Å². The summed E-state index contributed by atoms with van der Waals surface area (Å²) in [4.78, 5) is 0. The molecule has 0 saturated heterocycles. The van der Waals surface area contributed by atoms with Crippen LogP contribution in [0.25, 0.3) is 11.4 Å². The van der Waals surface area contributed by atoms with Crippen molar-refractivity contribution in [3.05, 3.63) is 52.1 Å². The molecule has 3 rings (SSSR count). The zero-order valence-electron chi connectivity index (χ0n) is 12.1. The number of aromatic nitrogens is 4. The Bertz CT molecular complexity index is 926. The van der Waals surface area contributed by atoms with E-state index in [4.69, 9.17) is 11.6 Å². The first kappa shape index (κ1) is 17.2. The van der Waals surface area contributed by atoms with Crippen molar-refractivity contribution in [2.45, 2.75) is 15.9 Å². The van der Waals surface area contributed by atoms with Crippen LogP contribution in [0, 0.1) is 11.3 Å². The number of rotatable bonds is 5. The third-order valence-electron chi connectivity index (χ3n) is 3.05. The highest BCUT2D eigenvalue weighted by molar-refractivity contribution is 9.10. The number of halogens is 2. The van der Waals surface area contributed by atoms with Gasteiger partial charge in [-0.1, -0.05) is 45.7 Å². The van der Waals surface area contributed by atoms with Gasteiger partial charge in [0.1, 0.15) is 15.8 Å². The molecule has 0 amide bonds. The van der Waals surface area contributed by atoms with E-state index in [0.717, 1.165) is 15.9 Å². The van der Waals surface area contributed by atoms with Gasteiger partial charge in [0.25, 0.3) is 0 Å². The fourth-order valence-corrected chi connectivity index (χ4v) is 4.32. The number of hydrogen-bond donors (Lipinski definition) is 0. The Morgan fingerprint density at radius 2 is 2.12 bits per heavy atom. The number of allylic oxidation sites excluding steroid dienone is 1. The van der Waals surface area contributed by atoms with Crippen molar-refractivity contribution >= 4 is 50.8 Å². The molecule has 0 aliphatic carbocycles. The summed E-state index contributed by atoms with van der Waals surface area (Å²) < 4.78 is 7.65. The summed E-state index contributed by atoms with van der Waals surface area (Å²) in [7, 11) is 0. The van der Waals surface area contributed by atoms with Crippen LogP contribution in [0.3, 0.4) is 0 Å². The highest BCUT2D eigenvalue weighted by Crippen LogP contribution is 2.37. The zero-order valence-corrected chi connectivity index (χ0v) is 16.1. The third-order valence-corrected chi connectivity index (χ3v) is 5.94. The van der Waals surface area contributed by atoms with Crippen molar-refractivity contribution in [1.29, 1.82) is 5.26 Å². The van der Waals surface area contributed by atoms with E-state index in [0.29, 0.717) is 21.5 Å². The minimum atomic E-state index is 0.216. The van der Waals surface area contributed by atoms with Crippen LogP contribution in [0.4, 0.5) is 0 Å². The fourth-order valence-electron chi connectivity index (χ4n) is 1.97. The molecule has 0 saturated carbocycles. The standard InChI is InChI=1S/C15H9BrClN5S2/c1-2-7-22-13(9-3-5-10(16)6-4-9)19-20-15(22)23-14-11(8-18)12(17)21-24-14/h2-6H,1,7H2. The summed E-state index contributed by atoms with van der Waals surface area (Å²) in [5, 5.41) is 18.6. The van der Waals surface area contributed by atoms with E-state index in [2.05, 4.69) is 43.1 Å². The van der Waals surface area contributed by atoms with Crippen LogP contribution in [0.5, 0.6) is 0 Å². The molecule has 0 radical (unpaired) electrons. The summed E-state index contributed by atoms with van der Waals surface area (Å²) in [6, 6.07) is 9.90. The van der Waals surface area contributed by atoms with E-state index >= 15 is 0 Å². The average Bonchev–Trinajstić information content (AvgIpc) is 3.13. The Morgan fingerprint density at radius 1 is 1.38 bits per heavy atom. The highest BCUT2D eigenvalue weighted by atomic mass is 79.9. The van der Waals surface area contributed by atoms with Gasteiger partial charge < -0.3 is 0 Å². The Kier molecular flexibility index (Phi) is 5.36. The van der Waals surface area contributed by atoms with Crippen molar-refractivity contribution in [2.75, 3.05) is 0 Å². The minimum absolute atomic E-state index is 0.216. The van der Waals surface area contributed by atoms with Crippen LogP contribution < -0.4 is 0 Å². The molecule has 2 aromatic heterocycles. The second kappa shape index (κ2) is 7.49. The summed E-state index contributed by atoms with van der Waals surface area (Å²) in [6.07, 6.45) is 1.78. The summed E-state index contributed by atoms with van der Waals surface area (Å²) in [6.45, 7) is 4.34. The molecule has 0 bridgehead atoms. The van der Waals surface area contributed by atoms with Crippen LogP contribution in [0.1, 0.15) is 5.56 Å². The molecule has 0 N–H and O–H groups in total. The van der Waals surface area contributed by atoms with E-state index in [1.165, 1.54) is 23.3 Å². The first-order chi connectivity index (χ1) is 11.6. The predicted octanol–water partition coefficient (Wildman–Crippen LogP) is 5.03. The third kappa shape index (κ3) is 3.39. The highest BCUT2D eigenvalue weighted by Gasteiger charge is 2.19. The lowest BCUT2D eigenvalue weighted by Crippen LogP contribution is -2.00. The van der Waals surface area contributed by atoms with E-state index in [-0.39, 0.29) is 5.15 Å². The fraction of sp³-hybridized carbons (Fsp3) is 0.0667. The predicted molar refractivity (Wildman–Crippen MR) is 99.3 cm³/mol. The Labute approximate surface area is 160 Å². The van der Waals surface area contributed by atoms with Crippen molar-refractivity contribution in [3.8, 4) is 17.5 Å². The lowest BCUT2D eigenvalue weighted by atomic mass is 10.2. The number of nitriles is 1. The quantitative estimate of drug-likeness (QED) is 0.523. The molecule has 24 heavy (non-hydrogen) atoms. The lowest BCUT2D eigenvalue weighted by Gasteiger charge is -2.07. The monoisotopic (exact) mass is 437 g/mol. The molecule has 0 spiro atoms. The molecule has 2 heterocycles. The molecular weight excluding hydrogens is 430 g/mol. The van der Waals surface area contributed by atoms with Gasteiger partial charge in [-0.15, -0.1) is 16.8 Å². The van der Waals surface area contributed by atoms with Crippen LogP contribution in [-0.4, -0.2) is 19.1 Å². The number of benzene rings is 1. The first-order valence-electron chi connectivity index (χ1n) is 6.67. The molecular formula is C15H9BrClN5S2. The van der Waals surface area contributed by atoms with Crippen molar-refractivity contribution in [3.63, 3.8) is 0 Å². The van der Waals surface area contributed by atoms with Gasteiger partial charge in [-0.25, -0.2) is 0 Å². The molecule has 120 valence electrons. The van der Waals surface area contributed by atoms with Gasteiger partial charge >= 0.3 is 0 Å². The summed E-state index contributed by atoms with van der Waals surface area (Å²) in [5.41, 5.74) is 1.31. The minimum Gasteiger partial charge on any atom is -0.298 e. The number of hydrogen-bond acceptors (Lipinski definition) is 6. The average molecular weight is 439 g/mol. The van der Waals surface area contributed by atoms with Gasteiger partial charge in [0, 0.05) is 16.6 Å². The lowest BCUT2D eigenvalue weighted by molar-refractivity contribution is 0.731. The number of nitrogens with zero attached hydrogens (tertiary/aromatic N) is 5. The van der Waals surface area contributed by atoms with Crippen LogP contribution in [0.2, 0.25) is 5.15 Å². The Morgan fingerprint density at radius 3 is 2.79 bits per heavy atom. The topological polar surface area (TPSA) is 67.4 Å². The maximum absolute atomic E-state index is 9.20. The Balaban J connectivity index is 2.01. The molecule has 9 heteroatoms. The molecule has 0 unspecified atom stereocenters. The van der Waals surface area contributed by atoms with E-state index in [1.807, 2.05) is 28.8 Å². The van der Waals surface area contributed by atoms with Crippen molar-refractivity contribution in [1.82, 2.24) is 19.1 Å². The van der Waals surface area contributed by atoms with Gasteiger partial charge in [0.2, 0.25) is 0 Å². The van der Waals surface area contributed by atoms with Gasteiger partial charge in [-0.3, -0.25) is 4.57 Å². The second-order valence-corrected chi connectivity index (χ2v) is 7.85. The summed E-state index contributed by atoms with van der Waals surface area (Å²) >= 11 is 11.9. The molecule has 0 atom stereocenters. The molecule has 0 fully saturated rings. The maximum atomic E-state index is 9.20. The van der Waals surface area contributed by atoms with Gasteiger partial charge in [0.05, 0.1) is 0 Å². The van der Waals surface area contributed by atoms with E-state index in [1.54, 1.807) is 6.08 Å². The second-order valence-electron chi connectivity index (χ2n) is 4.56. The van der Waals surface area contributed by atoms with Crippen molar-refractivity contribution < 1.29 is 0 Å². The molecule has 5 nitrogen and oxygen atoms in total. The maximum Gasteiger partial charge on any atom is 0.197 e. The molecule has 1 aromatic carbocycles. The van der Waals surface area contributed by atoms with Gasteiger partial charge in [-0.05, 0) is 35.4 Å². The van der Waals surface area contributed by atoms with Gasteiger partial charge in [0.15, 0.2) is 16.1 Å². The molecule has 0 aliphatic rings. The summed E-state index contributed by atoms with van der Waals surface area (Å²) in [5.74, 6) is 0.735. The van der Waals surface area contributed by atoms with Crippen LogP contribution in [0.15, 0.2) is 50.8 Å². The Hall–Kier alpha value is -1.66. The van der Waals surface area contributed by atoms with Crippen LogP contribution >= 0.6 is 50.8 Å². The normalized spacial score (nSPS) is 10.5. The van der Waals surface area contributed by atoms with E-state index < -0.39 is 0 Å². The van der Waals surface area contributed by atoms with E-state index in [9.17, 15) is 5.26 Å². The molecule has 0 aliphatic heterocycles. The molecule has 3 aromatic rings. The van der Waals surface area contributed by atoms with Crippen LogP contribution in [-0.2, 0) is 6.54 Å². The SMILES string of the molecule is C=CCn1c(Sc2snc(Cl)c2C#N)nnc1-c1ccc(Br)cc1. The smallest absolute Gasteiger partial charge is 0.197 e. The first-order valence-corrected chi connectivity index (χ1v) is 9.43. The van der Waals surface area contributed by atoms with Crippen molar-refractivity contribution in [2.24, 2.45) is 0 Å². The zero-order chi connectivity index (χ0) is 17.1. The largest absolute Gasteiger partial charge is 0.298 e.